The molecule has 114 valence electrons. The van der Waals surface area contributed by atoms with Gasteiger partial charge in [0.2, 0.25) is 5.91 Å². The third kappa shape index (κ3) is 2.88. The van der Waals surface area contributed by atoms with E-state index in [4.69, 9.17) is 5.73 Å². The number of nitrogens with two attached hydrogens (primary N) is 1. The summed E-state index contributed by atoms with van der Waals surface area (Å²) in [6.45, 7) is 1.83. The Kier molecular flexibility index (Phi) is 4.65. The van der Waals surface area contributed by atoms with Crippen molar-refractivity contribution in [2.24, 2.45) is 23.5 Å². The lowest BCUT2D eigenvalue weighted by Crippen LogP contribution is -2.43. The highest BCUT2D eigenvalue weighted by Gasteiger charge is 2.38. The van der Waals surface area contributed by atoms with Crippen LogP contribution in [0, 0.1) is 17.8 Å². The van der Waals surface area contributed by atoms with E-state index in [9.17, 15) is 4.79 Å². The molecule has 1 heterocycles. The van der Waals surface area contributed by atoms with Crippen LogP contribution in [-0.4, -0.2) is 29.9 Å². The van der Waals surface area contributed by atoms with Gasteiger partial charge in [-0.25, -0.2) is 0 Å². The average molecular weight is 278 g/mol. The van der Waals surface area contributed by atoms with Crippen LogP contribution in [0.2, 0.25) is 0 Å². The predicted molar refractivity (Wildman–Crippen MR) is 81.2 cm³/mol. The van der Waals surface area contributed by atoms with E-state index in [1.54, 1.807) is 0 Å². The van der Waals surface area contributed by atoms with E-state index in [2.05, 4.69) is 4.90 Å². The van der Waals surface area contributed by atoms with Crippen molar-refractivity contribution in [3.05, 3.63) is 0 Å². The third-order valence-corrected chi connectivity index (χ3v) is 6.06. The fourth-order valence-corrected chi connectivity index (χ4v) is 4.78. The lowest BCUT2D eigenvalue weighted by molar-refractivity contribution is -0.138. The fourth-order valence-electron chi connectivity index (χ4n) is 4.78. The summed E-state index contributed by atoms with van der Waals surface area (Å²) in [6.07, 6.45) is 12.4. The number of carbonyl (C=O) groups is 1. The Balaban J connectivity index is 1.58. The average Bonchev–Trinajstić information content (AvgIpc) is 3.16. The van der Waals surface area contributed by atoms with Gasteiger partial charge in [-0.1, -0.05) is 12.8 Å². The minimum Gasteiger partial charge on any atom is -0.339 e. The Morgan fingerprint density at radius 2 is 1.65 bits per heavy atom. The second-order valence-corrected chi connectivity index (χ2v) is 7.24. The molecule has 0 aromatic heterocycles. The van der Waals surface area contributed by atoms with Gasteiger partial charge in [-0.15, -0.1) is 0 Å². The highest BCUT2D eigenvalue weighted by molar-refractivity contribution is 5.79. The van der Waals surface area contributed by atoms with Crippen LogP contribution in [0.3, 0.4) is 0 Å². The van der Waals surface area contributed by atoms with Crippen molar-refractivity contribution in [1.29, 1.82) is 0 Å². The molecule has 0 radical (unpaired) electrons. The Labute approximate surface area is 123 Å². The molecule has 0 spiro atoms. The van der Waals surface area contributed by atoms with E-state index < -0.39 is 0 Å². The first-order valence-electron chi connectivity index (χ1n) is 8.80. The summed E-state index contributed by atoms with van der Waals surface area (Å²) < 4.78 is 0. The third-order valence-electron chi connectivity index (χ3n) is 6.06. The first-order valence-corrected chi connectivity index (χ1v) is 8.80. The Morgan fingerprint density at radius 3 is 2.30 bits per heavy atom. The first kappa shape index (κ1) is 14.4. The van der Waals surface area contributed by atoms with Crippen LogP contribution in [0.5, 0.6) is 0 Å². The van der Waals surface area contributed by atoms with Gasteiger partial charge in [-0.2, -0.15) is 0 Å². The molecule has 0 aromatic carbocycles. The molecule has 2 aliphatic carbocycles. The second-order valence-electron chi connectivity index (χ2n) is 7.24. The van der Waals surface area contributed by atoms with Gasteiger partial charge in [-0.05, 0) is 69.7 Å². The van der Waals surface area contributed by atoms with E-state index in [1.165, 1.54) is 38.5 Å². The standard InChI is InChI=1S/C17H30N2O/c18-12-13-7-9-15(10-8-13)17(20)19-11-3-6-16(19)14-4-1-2-5-14/h13-16H,1-12,18H2. The van der Waals surface area contributed by atoms with E-state index >= 15 is 0 Å². The SMILES string of the molecule is NCC1CCC(C(=O)N2CCCC2C2CCCC2)CC1. The van der Waals surface area contributed by atoms with Crippen LogP contribution in [-0.2, 0) is 4.79 Å². The van der Waals surface area contributed by atoms with Gasteiger partial charge in [-0.3, -0.25) is 4.79 Å². The molecule has 3 aliphatic rings. The molecule has 3 rings (SSSR count). The maximum Gasteiger partial charge on any atom is 0.225 e. The van der Waals surface area contributed by atoms with Crippen LogP contribution >= 0.6 is 0 Å². The fraction of sp³-hybridized carbons (Fsp3) is 0.941. The summed E-state index contributed by atoms with van der Waals surface area (Å²) >= 11 is 0. The van der Waals surface area contributed by atoms with Gasteiger partial charge in [0.05, 0.1) is 0 Å². The van der Waals surface area contributed by atoms with Crippen LogP contribution in [0.25, 0.3) is 0 Å². The zero-order valence-corrected chi connectivity index (χ0v) is 12.7. The molecule has 2 N–H and O–H groups in total. The summed E-state index contributed by atoms with van der Waals surface area (Å²) in [5.74, 6) is 2.26. The highest BCUT2D eigenvalue weighted by Crippen LogP contribution is 2.38. The van der Waals surface area contributed by atoms with Crippen molar-refractivity contribution in [3.63, 3.8) is 0 Å². The number of hydrogen-bond acceptors (Lipinski definition) is 2. The minimum absolute atomic E-state index is 0.305. The molecule has 0 aromatic rings. The van der Waals surface area contributed by atoms with Crippen LogP contribution in [0.1, 0.15) is 64.2 Å². The van der Waals surface area contributed by atoms with E-state index in [0.29, 0.717) is 23.8 Å². The zero-order valence-electron chi connectivity index (χ0n) is 12.7. The van der Waals surface area contributed by atoms with Crippen LogP contribution in [0.15, 0.2) is 0 Å². The molecule has 1 amide bonds. The molecular formula is C17H30N2O. The van der Waals surface area contributed by atoms with Gasteiger partial charge in [0.25, 0.3) is 0 Å². The summed E-state index contributed by atoms with van der Waals surface area (Å²) in [7, 11) is 0. The van der Waals surface area contributed by atoms with E-state index in [1.807, 2.05) is 0 Å². The zero-order chi connectivity index (χ0) is 13.9. The van der Waals surface area contributed by atoms with Crippen molar-refractivity contribution in [2.75, 3.05) is 13.1 Å². The van der Waals surface area contributed by atoms with Crippen molar-refractivity contribution in [3.8, 4) is 0 Å². The lowest BCUT2D eigenvalue weighted by atomic mass is 9.81. The smallest absolute Gasteiger partial charge is 0.225 e. The van der Waals surface area contributed by atoms with Gasteiger partial charge >= 0.3 is 0 Å². The van der Waals surface area contributed by atoms with Crippen molar-refractivity contribution in [2.45, 2.75) is 70.3 Å². The molecule has 3 nitrogen and oxygen atoms in total. The molecular weight excluding hydrogens is 248 g/mol. The quantitative estimate of drug-likeness (QED) is 0.863. The van der Waals surface area contributed by atoms with E-state index in [0.717, 1.165) is 44.7 Å². The van der Waals surface area contributed by atoms with Crippen LogP contribution in [0.4, 0.5) is 0 Å². The molecule has 20 heavy (non-hydrogen) atoms. The molecule has 3 fully saturated rings. The normalized spacial score (nSPS) is 35.6. The minimum atomic E-state index is 0.305. The summed E-state index contributed by atoms with van der Waals surface area (Å²) in [6, 6.07) is 0.581. The van der Waals surface area contributed by atoms with Crippen molar-refractivity contribution < 1.29 is 4.79 Å². The largest absolute Gasteiger partial charge is 0.339 e. The number of amides is 1. The molecule has 2 saturated carbocycles. The van der Waals surface area contributed by atoms with Gasteiger partial charge in [0, 0.05) is 18.5 Å². The molecule has 1 saturated heterocycles. The maximum atomic E-state index is 12.9. The van der Waals surface area contributed by atoms with Gasteiger partial charge in [0.15, 0.2) is 0 Å². The molecule has 3 heteroatoms. The Hall–Kier alpha value is -0.570. The second kappa shape index (κ2) is 6.46. The molecule has 1 atom stereocenters. The molecule has 1 aliphatic heterocycles. The van der Waals surface area contributed by atoms with Crippen molar-refractivity contribution in [1.82, 2.24) is 4.90 Å². The molecule has 0 bridgehead atoms. The monoisotopic (exact) mass is 278 g/mol. The molecule has 1 unspecified atom stereocenters. The number of rotatable bonds is 3. The number of hydrogen-bond donors (Lipinski definition) is 1. The number of carbonyl (C=O) groups excluding carboxylic acids is 1. The Morgan fingerprint density at radius 1 is 0.950 bits per heavy atom. The Bertz CT molecular complexity index is 330. The van der Waals surface area contributed by atoms with E-state index in [-0.39, 0.29) is 0 Å². The van der Waals surface area contributed by atoms with Gasteiger partial charge < -0.3 is 10.6 Å². The summed E-state index contributed by atoms with van der Waals surface area (Å²) in [4.78, 5) is 15.1. The lowest BCUT2D eigenvalue weighted by Gasteiger charge is -2.35. The topological polar surface area (TPSA) is 46.3 Å². The predicted octanol–water partition coefficient (Wildman–Crippen LogP) is 2.93. The maximum absolute atomic E-state index is 12.9. The summed E-state index contributed by atoms with van der Waals surface area (Å²) in [5.41, 5.74) is 5.76. The number of likely N-dealkylation sites (tertiary alicyclic amines) is 1. The first-order chi connectivity index (χ1) is 9.79. The summed E-state index contributed by atoms with van der Waals surface area (Å²) in [5, 5.41) is 0. The van der Waals surface area contributed by atoms with Gasteiger partial charge in [0.1, 0.15) is 0 Å². The highest BCUT2D eigenvalue weighted by atomic mass is 16.2. The van der Waals surface area contributed by atoms with Crippen molar-refractivity contribution >= 4 is 5.91 Å². The number of nitrogens with zero attached hydrogens (tertiary/aromatic N) is 1. The van der Waals surface area contributed by atoms with Crippen LogP contribution < -0.4 is 5.73 Å².